The summed E-state index contributed by atoms with van der Waals surface area (Å²) in [6, 6.07) is 7.87. The first kappa shape index (κ1) is 15.2. The van der Waals surface area contributed by atoms with E-state index in [0.29, 0.717) is 28.6 Å². The van der Waals surface area contributed by atoms with Crippen LogP contribution in [0.4, 0.5) is 4.39 Å². The number of benzene rings is 1. The summed E-state index contributed by atoms with van der Waals surface area (Å²) < 4.78 is 18.8. The quantitative estimate of drug-likeness (QED) is 0.798. The van der Waals surface area contributed by atoms with Crippen LogP contribution in [0.25, 0.3) is 10.9 Å². The normalized spacial score (nSPS) is 10.9. The fourth-order valence-corrected chi connectivity index (χ4v) is 2.69. The second-order valence-corrected chi connectivity index (χ2v) is 5.34. The average molecular weight is 312 g/mol. The molecule has 0 aliphatic rings. The number of fused-ring (bicyclic) bond motifs is 1. The Hall–Kier alpha value is -2.69. The zero-order chi connectivity index (χ0) is 16.4. The number of pyridine rings is 1. The summed E-state index contributed by atoms with van der Waals surface area (Å²) in [6.07, 6.45) is 2.26. The lowest BCUT2D eigenvalue weighted by Gasteiger charge is -2.13. The first-order valence-corrected chi connectivity index (χ1v) is 7.49. The molecule has 1 amide bonds. The van der Waals surface area contributed by atoms with Crippen LogP contribution in [0.1, 0.15) is 34.3 Å². The molecule has 3 rings (SSSR count). The second kappa shape index (κ2) is 6.20. The van der Waals surface area contributed by atoms with Gasteiger partial charge in [-0.05, 0) is 49.2 Å². The molecule has 0 fully saturated rings. The first-order valence-electron chi connectivity index (χ1n) is 7.49. The molecule has 0 aliphatic carbocycles. The van der Waals surface area contributed by atoms with Crippen molar-refractivity contribution >= 4 is 16.8 Å². The summed E-state index contributed by atoms with van der Waals surface area (Å²) in [5.41, 5.74) is 2.71. The third kappa shape index (κ3) is 2.95. The zero-order valence-corrected chi connectivity index (χ0v) is 13.0. The van der Waals surface area contributed by atoms with Crippen molar-refractivity contribution in [2.24, 2.45) is 0 Å². The van der Waals surface area contributed by atoms with Crippen LogP contribution >= 0.6 is 0 Å². The predicted molar refractivity (Wildman–Crippen MR) is 85.7 cm³/mol. The number of rotatable bonds is 4. The third-order valence-corrected chi connectivity index (χ3v) is 3.86. The van der Waals surface area contributed by atoms with Crippen LogP contribution in [-0.2, 0) is 13.0 Å². The van der Waals surface area contributed by atoms with E-state index in [0.717, 1.165) is 11.3 Å². The first-order chi connectivity index (χ1) is 11.1. The Morgan fingerprint density at radius 3 is 2.87 bits per heavy atom. The highest BCUT2D eigenvalue weighted by molar-refractivity contribution is 6.07. The van der Waals surface area contributed by atoms with Gasteiger partial charge in [-0.3, -0.25) is 9.78 Å². The van der Waals surface area contributed by atoms with E-state index in [-0.39, 0.29) is 18.3 Å². The van der Waals surface area contributed by atoms with Gasteiger partial charge in [-0.25, -0.2) is 4.39 Å². The molecule has 0 bridgehead atoms. The van der Waals surface area contributed by atoms with E-state index in [9.17, 15) is 9.18 Å². The maximum absolute atomic E-state index is 13.6. The molecule has 0 unspecified atom stereocenters. The molecule has 0 atom stereocenters. The molecule has 2 aromatic heterocycles. The van der Waals surface area contributed by atoms with E-state index in [1.54, 1.807) is 24.5 Å². The number of aryl methyl sites for hydroxylation is 1. The molecule has 4 nitrogen and oxygen atoms in total. The molecule has 0 saturated heterocycles. The van der Waals surface area contributed by atoms with Crippen molar-refractivity contribution in [3.05, 3.63) is 65.0 Å². The number of nitrogens with one attached hydrogen (secondary N) is 1. The highest BCUT2D eigenvalue weighted by Crippen LogP contribution is 2.24. The van der Waals surface area contributed by atoms with E-state index in [2.05, 4.69) is 10.3 Å². The molecule has 3 aromatic rings. The number of amides is 1. The zero-order valence-electron chi connectivity index (χ0n) is 13.0. The molecule has 23 heavy (non-hydrogen) atoms. The van der Waals surface area contributed by atoms with Gasteiger partial charge in [0.25, 0.3) is 5.91 Å². The van der Waals surface area contributed by atoms with Gasteiger partial charge in [0, 0.05) is 11.1 Å². The summed E-state index contributed by atoms with van der Waals surface area (Å²) in [4.78, 5) is 17.2. The van der Waals surface area contributed by atoms with Crippen molar-refractivity contribution in [3.63, 3.8) is 0 Å². The molecule has 0 aliphatic heterocycles. The SMILES string of the molecule is CCc1nc2ccc(F)cc2c(C(=O)NCc2ccco2)c1C. The fourth-order valence-electron chi connectivity index (χ4n) is 2.69. The molecule has 0 saturated carbocycles. The van der Waals surface area contributed by atoms with Crippen molar-refractivity contribution < 1.29 is 13.6 Å². The minimum atomic E-state index is -0.386. The lowest BCUT2D eigenvalue weighted by atomic mass is 9.99. The number of halogens is 1. The van der Waals surface area contributed by atoms with E-state index in [1.807, 2.05) is 13.8 Å². The van der Waals surface area contributed by atoms with Crippen molar-refractivity contribution in [3.8, 4) is 0 Å². The van der Waals surface area contributed by atoms with Crippen LogP contribution in [0.2, 0.25) is 0 Å². The van der Waals surface area contributed by atoms with E-state index in [4.69, 9.17) is 4.42 Å². The lowest BCUT2D eigenvalue weighted by molar-refractivity contribution is 0.0949. The van der Waals surface area contributed by atoms with Gasteiger partial charge in [-0.2, -0.15) is 0 Å². The standard InChI is InChI=1S/C18H17FN2O2/c1-3-15-11(2)17(14-9-12(19)6-7-16(14)21-15)18(22)20-10-13-5-4-8-23-13/h4-9H,3,10H2,1-2H3,(H,20,22). The topological polar surface area (TPSA) is 55.1 Å². The van der Waals surface area contributed by atoms with Crippen LogP contribution < -0.4 is 5.32 Å². The molecule has 0 radical (unpaired) electrons. The number of hydrogen-bond acceptors (Lipinski definition) is 3. The number of nitrogens with zero attached hydrogens (tertiary/aromatic N) is 1. The predicted octanol–water partition coefficient (Wildman–Crippen LogP) is 3.77. The van der Waals surface area contributed by atoms with Crippen LogP contribution in [0, 0.1) is 12.7 Å². The van der Waals surface area contributed by atoms with Gasteiger partial charge in [0.05, 0.1) is 23.9 Å². The molecular formula is C18H17FN2O2. The van der Waals surface area contributed by atoms with Crippen LogP contribution in [0.15, 0.2) is 41.0 Å². The lowest BCUT2D eigenvalue weighted by Crippen LogP contribution is -2.24. The molecular weight excluding hydrogens is 295 g/mol. The van der Waals surface area contributed by atoms with Crippen LogP contribution in [-0.4, -0.2) is 10.9 Å². The smallest absolute Gasteiger partial charge is 0.252 e. The summed E-state index contributed by atoms with van der Waals surface area (Å²) in [5.74, 6) is 0.0193. The van der Waals surface area contributed by atoms with Gasteiger partial charge in [0.15, 0.2) is 0 Å². The maximum atomic E-state index is 13.6. The van der Waals surface area contributed by atoms with Crippen molar-refractivity contribution in [1.29, 1.82) is 0 Å². The van der Waals surface area contributed by atoms with Gasteiger partial charge in [-0.1, -0.05) is 6.92 Å². The summed E-state index contributed by atoms with van der Waals surface area (Å²) in [7, 11) is 0. The molecule has 1 aromatic carbocycles. The Morgan fingerprint density at radius 2 is 2.17 bits per heavy atom. The fraction of sp³-hybridized carbons (Fsp3) is 0.222. The number of hydrogen-bond donors (Lipinski definition) is 1. The van der Waals surface area contributed by atoms with Gasteiger partial charge in [-0.15, -0.1) is 0 Å². The van der Waals surface area contributed by atoms with Gasteiger partial charge in [0.2, 0.25) is 0 Å². The minimum Gasteiger partial charge on any atom is -0.467 e. The highest BCUT2D eigenvalue weighted by atomic mass is 19.1. The molecule has 5 heteroatoms. The summed E-state index contributed by atoms with van der Waals surface area (Å²) in [6.45, 7) is 4.11. The van der Waals surface area contributed by atoms with E-state index >= 15 is 0 Å². The molecule has 118 valence electrons. The number of aromatic nitrogens is 1. The van der Waals surface area contributed by atoms with Gasteiger partial charge in [0.1, 0.15) is 11.6 Å². The largest absolute Gasteiger partial charge is 0.467 e. The van der Waals surface area contributed by atoms with Crippen molar-refractivity contribution in [2.45, 2.75) is 26.8 Å². The van der Waals surface area contributed by atoms with Crippen molar-refractivity contribution in [1.82, 2.24) is 10.3 Å². The van der Waals surface area contributed by atoms with Crippen molar-refractivity contribution in [2.75, 3.05) is 0 Å². The Kier molecular flexibility index (Phi) is 4.10. The van der Waals surface area contributed by atoms with Gasteiger partial charge < -0.3 is 9.73 Å². The average Bonchev–Trinajstić information content (AvgIpc) is 3.05. The summed E-state index contributed by atoms with van der Waals surface area (Å²) in [5, 5.41) is 3.35. The Bertz CT molecular complexity index is 857. The van der Waals surface area contributed by atoms with Crippen LogP contribution in [0.3, 0.4) is 0 Å². The molecule has 1 N–H and O–H groups in total. The Balaban J connectivity index is 2.04. The minimum absolute atomic E-state index is 0.258. The second-order valence-electron chi connectivity index (χ2n) is 5.34. The highest BCUT2D eigenvalue weighted by Gasteiger charge is 2.18. The summed E-state index contributed by atoms with van der Waals surface area (Å²) >= 11 is 0. The molecule has 0 spiro atoms. The monoisotopic (exact) mass is 312 g/mol. The van der Waals surface area contributed by atoms with Gasteiger partial charge >= 0.3 is 0 Å². The Morgan fingerprint density at radius 1 is 1.35 bits per heavy atom. The maximum Gasteiger partial charge on any atom is 0.252 e. The van der Waals surface area contributed by atoms with Crippen LogP contribution in [0.5, 0.6) is 0 Å². The molecule has 2 heterocycles. The number of furan rings is 1. The third-order valence-electron chi connectivity index (χ3n) is 3.86. The number of carbonyl (C=O) groups is 1. The van der Waals surface area contributed by atoms with E-state index in [1.165, 1.54) is 12.1 Å². The Labute approximate surface area is 133 Å². The number of carbonyl (C=O) groups excluding carboxylic acids is 1. The van der Waals surface area contributed by atoms with E-state index < -0.39 is 0 Å².